The number of fused-ring (bicyclic) bond motifs is 3. The number of aryl methyl sites for hydroxylation is 2. The SMILES string of the molecule is CC(C)(C)OC(=O)CCCBr.CCOC(=O)c1cccc(Sc2c(C3CC3)n(-c3cn[nH]c3)c3c(F)c(Cl)ccc23)c1F.CCOC(=O)c1cccc(Sc2c(C3CC3)n(-c3cnn(CCCC(=O)O)c3)c3c(F)c(Cl)ccc23)c1F.CCOC(=O)c1cccc(Sc2c(C3CC3)n(-c3cnn(CCCC(=O)OC(C)(C)C)c3)c3c(F)c(Cl)ccc23)c1F. The zero-order valence-corrected chi connectivity index (χ0v) is 74.9. The van der Waals surface area contributed by atoms with Crippen molar-refractivity contribution >= 4 is 155 Å². The largest absolute Gasteiger partial charge is 0.481 e. The van der Waals surface area contributed by atoms with Gasteiger partial charge in [0.2, 0.25) is 0 Å². The van der Waals surface area contributed by atoms with Crippen molar-refractivity contribution in [2.24, 2.45) is 0 Å². The lowest BCUT2D eigenvalue weighted by Gasteiger charge is -2.19. The molecule has 15 rings (SSSR count). The van der Waals surface area contributed by atoms with Crippen LogP contribution in [0.25, 0.3) is 49.8 Å². The summed E-state index contributed by atoms with van der Waals surface area (Å²) >= 11 is 25.3. The van der Waals surface area contributed by atoms with Crippen molar-refractivity contribution in [1.29, 1.82) is 0 Å². The molecule has 3 saturated carbocycles. The van der Waals surface area contributed by atoms with Gasteiger partial charge >= 0.3 is 35.8 Å². The summed E-state index contributed by atoms with van der Waals surface area (Å²) < 4.78 is 127. The number of halogens is 10. The number of hydrogen-bond donors (Lipinski definition) is 2. The minimum absolute atomic E-state index is 0.00845. The summed E-state index contributed by atoms with van der Waals surface area (Å²) in [4.78, 5) is 73.6. The number of rotatable bonds is 29. The van der Waals surface area contributed by atoms with Gasteiger partial charge in [-0.15, -0.1) is 0 Å². The summed E-state index contributed by atoms with van der Waals surface area (Å²) in [5, 5.41) is 27.1. The van der Waals surface area contributed by atoms with Gasteiger partial charge in [-0.2, -0.15) is 15.3 Å². The van der Waals surface area contributed by atoms with Gasteiger partial charge in [-0.3, -0.25) is 28.8 Å². The monoisotopic (exact) mass is 1870 g/mol. The maximum atomic E-state index is 15.8. The van der Waals surface area contributed by atoms with Crippen LogP contribution in [0.1, 0.15) is 205 Å². The maximum absolute atomic E-state index is 15.8. The van der Waals surface area contributed by atoms with Gasteiger partial charge < -0.3 is 42.5 Å². The number of alkyl halides is 1. The molecule has 3 aliphatic rings. The van der Waals surface area contributed by atoms with E-state index < -0.39 is 64.4 Å². The van der Waals surface area contributed by atoms with Crippen LogP contribution in [-0.2, 0) is 51.2 Å². The Morgan fingerprint density at radius 3 is 1.11 bits per heavy atom. The zero-order valence-electron chi connectivity index (χ0n) is 68.6. The molecule has 0 radical (unpaired) electrons. The molecule has 12 aromatic rings. The number of aliphatic carboxylic acids is 1. The highest BCUT2D eigenvalue weighted by Crippen LogP contribution is 2.56. The number of carboxylic acids is 1. The highest BCUT2D eigenvalue weighted by molar-refractivity contribution is 9.09. The van der Waals surface area contributed by atoms with E-state index in [0.717, 1.165) is 95.8 Å². The molecule has 6 aromatic carbocycles. The van der Waals surface area contributed by atoms with E-state index in [4.69, 9.17) is 63.6 Å². The number of hydrogen-bond acceptors (Lipinski definition) is 17. The fourth-order valence-electron chi connectivity index (χ4n) is 13.7. The van der Waals surface area contributed by atoms with E-state index in [0.29, 0.717) is 80.9 Å². The van der Waals surface area contributed by atoms with E-state index in [1.165, 1.54) is 48.2 Å². The number of carbonyl (C=O) groups is 6. The van der Waals surface area contributed by atoms with Crippen LogP contribution in [0.5, 0.6) is 0 Å². The second-order valence-corrected chi connectivity index (χ2v) is 36.2. The number of benzene rings is 6. The number of nitrogens with one attached hydrogen (secondary N) is 1. The number of nitrogens with zero attached hydrogens (tertiary/aromatic N) is 8. The Bertz CT molecular complexity index is 5930. The van der Waals surface area contributed by atoms with E-state index >= 15 is 26.3 Å². The molecule has 0 atom stereocenters. The van der Waals surface area contributed by atoms with Gasteiger partial charge in [0, 0.05) is 137 Å². The van der Waals surface area contributed by atoms with Crippen LogP contribution in [-0.4, -0.2) is 121 Å². The zero-order chi connectivity index (χ0) is 88.5. The third-order valence-electron chi connectivity index (χ3n) is 19.3. The topological polar surface area (TPSA) is 248 Å². The van der Waals surface area contributed by atoms with Crippen molar-refractivity contribution in [1.82, 2.24) is 43.5 Å². The van der Waals surface area contributed by atoms with Gasteiger partial charge in [0.05, 0.1) is 104 Å². The second-order valence-electron chi connectivity index (χ2n) is 31.0. The smallest absolute Gasteiger partial charge is 0.341 e. The predicted molar refractivity (Wildman–Crippen MR) is 465 cm³/mol. The molecule has 3 aliphatic carbocycles. The van der Waals surface area contributed by atoms with Crippen molar-refractivity contribution < 1.29 is 83.9 Å². The van der Waals surface area contributed by atoms with E-state index in [-0.39, 0.29) is 125 Å². The summed E-state index contributed by atoms with van der Waals surface area (Å²) in [5.41, 5.74) is 3.97. The van der Waals surface area contributed by atoms with E-state index in [1.54, 1.807) is 126 Å². The number of carboxylic acid groups (broad SMARTS) is 1. The van der Waals surface area contributed by atoms with Crippen LogP contribution in [0, 0.1) is 34.9 Å². The summed E-state index contributed by atoms with van der Waals surface area (Å²) in [7, 11) is 0. The fraction of sp³-hybridized carbons (Fsp3) is 0.360. The minimum atomic E-state index is -0.887. The molecule has 0 unspecified atom stereocenters. The molecule has 0 spiro atoms. The molecule has 123 heavy (non-hydrogen) atoms. The van der Waals surface area contributed by atoms with Crippen LogP contribution < -0.4 is 0 Å². The first-order chi connectivity index (χ1) is 58.7. The van der Waals surface area contributed by atoms with Gasteiger partial charge in [0.25, 0.3) is 0 Å². The summed E-state index contributed by atoms with van der Waals surface area (Å²) in [6.45, 7) is 17.3. The van der Waals surface area contributed by atoms with Crippen LogP contribution in [0.3, 0.4) is 0 Å². The Morgan fingerprint density at radius 2 is 0.805 bits per heavy atom. The molecule has 0 aliphatic heterocycles. The normalized spacial score (nSPS) is 13.3. The Balaban J connectivity index is 0.000000159. The summed E-state index contributed by atoms with van der Waals surface area (Å²) in [5.74, 6) is -6.78. The molecule has 650 valence electrons. The lowest BCUT2D eigenvalue weighted by atomic mass is 10.2. The molecule has 2 N–H and O–H groups in total. The number of aromatic nitrogens is 9. The Hall–Kier alpha value is -9.63. The lowest BCUT2D eigenvalue weighted by Crippen LogP contribution is -2.23. The number of carbonyl (C=O) groups excluding carboxylic acids is 5. The summed E-state index contributed by atoms with van der Waals surface area (Å²) in [6.07, 6.45) is 18.1. The van der Waals surface area contributed by atoms with Gasteiger partial charge in [-0.25, -0.2) is 40.7 Å². The Kier molecular flexibility index (Phi) is 30.5. The lowest BCUT2D eigenvalue weighted by molar-refractivity contribution is -0.156. The molecule has 0 saturated heterocycles. The number of ether oxygens (including phenoxy) is 5. The third-order valence-corrected chi connectivity index (χ3v) is 24.3. The first kappa shape index (κ1) is 92.5. The molecular formula is C89H89BrCl3F6N9O12S3. The molecule has 0 amide bonds. The second kappa shape index (κ2) is 40.6. The Labute approximate surface area is 741 Å². The quantitative estimate of drug-likeness (QED) is 0.0191. The van der Waals surface area contributed by atoms with Crippen LogP contribution in [0.15, 0.2) is 158 Å². The Morgan fingerprint density at radius 1 is 0.472 bits per heavy atom. The summed E-state index contributed by atoms with van der Waals surface area (Å²) in [6, 6.07) is 23.4. The van der Waals surface area contributed by atoms with Gasteiger partial charge in [0.15, 0.2) is 34.9 Å². The van der Waals surface area contributed by atoms with Gasteiger partial charge in [-0.05, 0) is 193 Å². The average molecular weight is 1870 g/mol. The standard InChI is InChI=1S/C31H32ClF2N3O4S.C27H24ClF2N3O4S.C23H18ClF2N3O2S.C8H15BrO2/c1-5-40-30(39)20-8-6-9-23(25(20)33)42-29-21-13-14-22(32)26(34)28(21)37(27(29)18-11-12-18)19-16-35-36(17-19)15-7-10-24(38)41-31(2,3)4;1-2-37-27(36)17-5-3-6-20(22(17)29)38-26-18-10-11-19(28)23(30)25(18)33(24(26)15-8-9-15)16-13-31-32(14-16)12-4-7-21(34)35;1-2-31-23(30)14-4-3-5-17(18(14)25)32-22-15-8-9-16(24)19(26)21(15)29(13-10-27-28-11-13)20(22)12-6-7-12;1-8(2,3)11-7(10)5-4-6-9/h6,8-9,13-14,16-18H,5,7,10-12,15H2,1-4H3;3,5-6,10-11,13-15H,2,4,7-9,12H2,1H3,(H,34,35);3-5,8-12H,2,6-7H2,1H3,(H,27,28);4-6H2,1-3H3. The third kappa shape index (κ3) is 22.2. The van der Waals surface area contributed by atoms with Crippen LogP contribution in [0.4, 0.5) is 26.3 Å². The average Bonchev–Trinajstić information content (AvgIpc) is 1.58. The van der Waals surface area contributed by atoms with Crippen molar-refractivity contribution in [2.75, 3.05) is 25.2 Å². The first-order valence-electron chi connectivity index (χ1n) is 40.0. The fourth-order valence-corrected chi connectivity index (χ4v) is 18.1. The first-order valence-corrected chi connectivity index (χ1v) is 44.7. The molecule has 6 aromatic heterocycles. The number of H-pyrrole nitrogens is 1. The molecule has 34 heteroatoms. The minimum Gasteiger partial charge on any atom is -0.481 e. The molecule has 0 bridgehead atoms. The van der Waals surface area contributed by atoms with Crippen LogP contribution >= 0.6 is 86.0 Å². The van der Waals surface area contributed by atoms with Crippen molar-refractivity contribution in [3.8, 4) is 17.1 Å². The molecule has 6 heterocycles. The predicted octanol–water partition coefficient (Wildman–Crippen LogP) is 23.9. The maximum Gasteiger partial charge on any atom is 0.341 e. The van der Waals surface area contributed by atoms with Crippen molar-refractivity contribution in [3.05, 3.63) is 212 Å². The highest BCUT2D eigenvalue weighted by Gasteiger charge is 2.39. The highest BCUT2D eigenvalue weighted by atomic mass is 79.9. The molecule has 3 fully saturated rings. The van der Waals surface area contributed by atoms with E-state index in [9.17, 15) is 28.8 Å². The van der Waals surface area contributed by atoms with Crippen molar-refractivity contribution in [3.63, 3.8) is 0 Å². The van der Waals surface area contributed by atoms with Crippen LogP contribution in [0.2, 0.25) is 15.1 Å². The van der Waals surface area contributed by atoms with Crippen molar-refractivity contribution in [2.45, 2.75) is 211 Å². The van der Waals surface area contributed by atoms with Gasteiger partial charge in [0.1, 0.15) is 11.2 Å². The number of esters is 5. The number of aromatic amines is 1. The van der Waals surface area contributed by atoms with E-state index in [1.807, 2.05) is 50.7 Å². The van der Waals surface area contributed by atoms with Gasteiger partial charge in [-0.1, -0.05) is 104 Å². The molecular weight excluding hydrogens is 1780 g/mol. The van der Waals surface area contributed by atoms with E-state index in [2.05, 4.69) is 36.3 Å². The molecule has 21 nitrogen and oxygen atoms in total.